The summed E-state index contributed by atoms with van der Waals surface area (Å²) in [6.45, 7) is 6.56. The number of rotatable bonds is 4. The molecule has 0 spiro atoms. The Kier molecular flexibility index (Phi) is 4.81. The van der Waals surface area contributed by atoms with Crippen molar-refractivity contribution in [3.63, 3.8) is 0 Å². The summed E-state index contributed by atoms with van der Waals surface area (Å²) in [7, 11) is 0. The molecule has 0 aromatic heterocycles. The Hall–Kier alpha value is -0.0800. The van der Waals surface area contributed by atoms with E-state index >= 15 is 0 Å². The first-order chi connectivity index (χ1) is 7.30. The molecular formula is C13H17BrClF. The largest absolute Gasteiger partial charge is 0.205 e. The van der Waals surface area contributed by atoms with Crippen molar-refractivity contribution in [2.75, 3.05) is 0 Å². The monoisotopic (exact) mass is 306 g/mol. The molecule has 90 valence electrons. The molecule has 16 heavy (non-hydrogen) atoms. The lowest BCUT2D eigenvalue weighted by Gasteiger charge is -2.26. The van der Waals surface area contributed by atoms with Gasteiger partial charge in [-0.05, 0) is 36.0 Å². The lowest BCUT2D eigenvalue weighted by molar-refractivity contribution is 0.335. The zero-order valence-electron chi connectivity index (χ0n) is 9.86. The van der Waals surface area contributed by atoms with Crippen molar-refractivity contribution >= 4 is 27.5 Å². The second kappa shape index (κ2) is 5.50. The third kappa shape index (κ3) is 4.42. The average Bonchev–Trinajstić information content (AvgIpc) is 2.08. The molecule has 0 heterocycles. The van der Waals surface area contributed by atoms with Crippen LogP contribution in [0.5, 0.6) is 0 Å². The number of halogens is 3. The minimum atomic E-state index is -0.350. The maximum absolute atomic E-state index is 13.0. The second-order valence-electron chi connectivity index (χ2n) is 5.07. The Morgan fingerprint density at radius 1 is 1.44 bits per heavy atom. The zero-order valence-corrected chi connectivity index (χ0v) is 12.2. The van der Waals surface area contributed by atoms with Crippen molar-refractivity contribution in [3.05, 3.63) is 34.6 Å². The Labute approximate surface area is 110 Å². The molecule has 0 saturated carbocycles. The highest BCUT2D eigenvalue weighted by molar-refractivity contribution is 9.09. The van der Waals surface area contributed by atoms with Gasteiger partial charge in [-0.2, -0.15) is 0 Å². The summed E-state index contributed by atoms with van der Waals surface area (Å²) in [4.78, 5) is 0.485. The molecular weight excluding hydrogens is 290 g/mol. The number of hydrogen-bond acceptors (Lipinski definition) is 0. The molecule has 0 bridgehead atoms. The molecule has 1 atom stereocenters. The molecule has 0 nitrogen and oxygen atoms in total. The first-order valence-corrected chi connectivity index (χ1v) is 6.67. The number of hydrogen-bond donors (Lipinski definition) is 0. The molecule has 1 aromatic carbocycles. The summed E-state index contributed by atoms with van der Waals surface area (Å²) in [6.07, 6.45) is 1.98. The fourth-order valence-corrected chi connectivity index (χ4v) is 3.12. The van der Waals surface area contributed by atoms with Gasteiger partial charge < -0.3 is 0 Å². The molecule has 3 heteroatoms. The Morgan fingerprint density at radius 3 is 2.56 bits per heavy atom. The third-order valence-electron chi connectivity index (χ3n) is 2.50. The number of benzene rings is 1. The third-order valence-corrected chi connectivity index (χ3v) is 3.11. The molecule has 1 aromatic rings. The van der Waals surface area contributed by atoms with Gasteiger partial charge in [0.15, 0.2) is 0 Å². The SMILES string of the molecule is CC(Br)CC(C)(C)Cc1ccc(F)c(Cl)c1. The Bertz CT molecular complexity index is 361. The average molecular weight is 308 g/mol. The van der Waals surface area contributed by atoms with E-state index in [0.717, 1.165) is 18.4 Å². The maximum Gasteiger partial charge on any atom is 0.141 e. The van der Waals surface area contributed by atoms with E-state index in [0.29, 0.717) is 4.83 Å². The van der Waals surface area contributed by atoms with Gasteiger partial charge in [-0.1, -0.05) is 54.4 Å². The fraction of sp³-hybridized carbons (Fsp3) is 0.538. The van der Waals surface area contributed by atoms with Gasteiger partial charge in [0.05, 0.1) is 5.02 Å². The molecule has 0 saturated heterocycles. The summed E-state index contributed by atoms with van der Waals surface area (Å²) in [5.74, 6) is -0.350. The van der Waals surface area contributed by atoms with Crippen molar-refractivity contribution in [2.24, 2.45) is 5.41 Å². The van der Waals surface area contributed by atoms with Gasteiger partial charge in [-0.15, -0.1) is 0 Å². The molecule has 0 amide bonds. The Morgan fingerprint density at radius 2 is 2.06 bits per heavy atom. The summed E-state index contributed by atoms with van der Waals surface area (Å²) >= 11 is 9.33. The van der Waals surface area contributed by atoms with E-state index in [-0.39, 0.29) is 16.3 Å². The fourth-order valence-electron chi connectivity index (χ4n) is 2.04. The molecule has 1 unspecified atom stereocenters. The first-order valence-electron chi connectivity index (χ1n) is 5.38. The highest BCUT2D eigenvalue weighted by Gasteiger charge is 2.20. The molecule has 0 aliphatic rings. The van der Waals surface area contributed by atoms with Gasteiger partial charge in [-0.25, -0.2) is 4.39 Å². The minimum absolute atomic E-state index is 0.185. The molecule has 0 fully saturated rings. The smallest absolute Gasteiger partial charge is 0.141 e. The van der Waals surface area contributed by atoms with Crippen LogP contribution in [0, 0.1) is 11.2 Å². The van der Waals surface area contributed by atoms with E-state index in [1.54, 1.807) is 6.07 Å². The normalized spacial score (nSPS) is 13.9. The van der Waals surface area contributed by atoms with Crippen LogP contribution in [0.1, 0.15) is 32.8 Å². The van der Waals surface area contributed by atoms with Crippen molar-refractivity contribution < 1.29 is 4.39 Å². The predicted molar refractivity (Wildman–Crippen MR) is 71.9 cm³/mol. The molecule has 0 radical (unpaired) electrons. The number of alkyl halides is 1. The van der Waals surface area contributed by atoms with Crippen LogP contribution in [-0.4, -0.2) is 4.83 Å². The van der Waals surface area contributed by atoms with Gasteiger partial charge in [0, 0.05) is 4.83 Å². The van der Waals surface area contributed by atoms with E-state index in [4.69, 9.17) is 11.6 Å². The molecule has 0 N–H and O–H groups in total. The zero-order chi connectivity index (χ0) is 12.3. The minimum Gasteiger partial charge on any atom is -0.205 e. The van der Waals surface area contributed by atoms with Crippen LogP contribution in [-0.2, 0) is 6.42 Å². The van der Waals surface area contributed by atoms with Crippen LogP contribution in [0.2, 0.25) is 5.02 Å². The van der Waals surface area contributed by atoms with Crippen LogP contribution in [0.15, 0.2) is 18.2 Å². The van der Waals surface area contributed by atoms with Gasteiger partial charge in [0.1, 0.15) is 5.82 Å². The highest BCUT2D eigenvalue weighted by atomic mass is 79.9. The van der Waals surface area contributed by atoms with Gasteiger partial charge in [0.2, 0.25) is 0 Å². The van der Waals surface area contributed by atoms with Crippen molar-refractivity contribution in [1.29, 1.82) is 0 Å². The van der Waals surface area contributed by atoms with E-state index in [9.17, 15) is 4.39 Å². The summed E-state index contributed by atoms with van der Waals surface area (Å²) in [5, 5.41) is 0.209. The predicted octanol–water partition coefficient (Wildman–Crippen LogP) is 5.22. The lowest BCUT2D eigenvalue weighted by atomic mass is 9.82. The van der Waals surface area contributed by atoms with Gasteiger partial charge in [-0.3, -0.25) is 0 Å². The van der Waals surface area contributed by atoms with Crippen molar-refractivity contribution in [1.82, 2.24) is 0 Å². The quantitative estimate of drug-likeness (QED) is 0.669. The van der Waals surface area contributed by atoms with Gasteiger partial charge in [0.25, 0.3) is 0 Å². The van der Waals surface area contributed by atoms with Crippen molar-refractivity contribution in [2.45, 2.75) is 38.4 Å². The van der Waals surface area contributed by atoms with Crippen LogP contribution < -0.4 is 0 Å². The summed E-state index contributed by atoms with van der Waals surface area (Å²) in [6, 6.07) is 4.96. The van der Waals surface area contributed by atoms with E-state index < -0.39 is 0 Å². The lowest BCUT2D eigenvalue weighted by Crippen LogP contribution is -2.18. The highest BCUT2D eigenvalue weighted by Crippen LogP contribution is 2.30. The van der Waals surface area contributed by atoms with Crippen LogP contribution in [0.3, 0.4) is 0 Å². The molecule has 0 aliphatic carbocycles. The van der Waals surface area contributed by atoms with E-state index in [1.807, 2.05) is 6.07 Å². The van der Waals surface area contributed by atoms with Gasteiger partial charge >= 0.3 is 0 Å². The topological polar surface area (TPSA) is 0 Å². The standard InChI is InChI=1S/C13H17BrClF/c1-9(14)7-13(2,3)8-10-4-5-12(16)11(15)6-10/h4-6,9H,7-8H2,1-3H3. The van der Waals surface area contributed by atoms with E-state index in [2.05, 4.69) is 36.7 Å². The summed E-state index contributed by atoms with van der Waals surface area (Å²) < 4.78 is 13.0. The first kappa shape index (κ1) is 14.0. The van der Waals surface area contributed by atoms with E-state index in [1.165, 1.54) is 6.07 Å². The van der Waals surface area contributed by atoms with Crippen molar-refractivity contribution in [3.8, 4) is 0 Å². The van der Waals surface area contributed by atoms with Crippen LogP contribution in [0.25, 0.3) is 0 Å². The maximum atomic E-state index is 13.0. The molecule has 1 rings (SSSR count). The molecule has 0 aliphatic heterocycles. The van der Waals surface area contributed by atoms with Crippen LogP contribution in [0.4, 0.5) is 4.39 Å². The Balaban J connectivity index is 2.76. The van der Waals surface area contributed by atoms with Crippen LogP contribution >= 0.6 is 27.5 Å². The second-order valence-corrected chi connectivity index (χ2v) is 7.04. The summed E-state index contributed by atoms with van der Waals surface area (Å²) in [5.41, 5.74) is 1.27.